The largest absolute Gasteiger partial charge is 0.493 e. The number of carboxylic acid groups (broad SMARTS) is 1. The Bertz CT molecular complexity index is 1180. The second-order valence-electron chi connectivity index (χ2n) is 12.3. The van der Waals surface area contributed by atoms with E-state index >= 15 is 0 Å². The molecule has 2 aliphatic heterocycles. The number of oxazole rings is 1. The van der Waals surface area contributed by atoms with Crippen molar-refractivity contribution in [3.63, 3.8) is 0 Å². The van der Waals surface area contributed by atoms with E-state index in [2.05, 4.69) is 38.0 Å². The van der Waals surface area contributed by atoms with E-state index < -0.39 is 11.9 Å². The number of quaternary nitrogens is 1. The predicted molar refractivity (Wildman–Crippen MR) is 157 cm³/mol. The van der Waals surface area contributed by atoms with Crippen molar-refractivity contribution in [3.8, 4) is 17.2 Å². The number of carbonyl (C=O) groups is 2. The lowest BCUT2D eigenvalue weighted by molar-refractivity contribution is -0.870. The quantitative estimate of drug-likeness (QED) is 0.232. The molecule has 0 saturated carbocycles. The molecule has 1 N–H and O–H groups in total. The number of aryl methyl sites for hydroxylation is 1. The maximum atomic E-state index is 13.8. The van der Waals surface area contributed by atoms with Gasteiger partial charge in [0.2, 0.25) is 18.4 Å². The molecule has 0 bridgehead atoms. The first-order valence-corrected chi connectivity index (χ1v) is 15.0. The lowest BCUT2D eigenvalue weighted by Gasteiger charge is -2.30. The second kappa shape index (κ2) is 14.2. The molecule has 0 radical (unpaired) electrons. The summed E-state index contributed by atoms with van der Waals surface area (Å²) in [5.74, 6) is 0.160. The number of fused-ring (bicyclic) bond motifs is 1. The van der Waals surface area contributed by atoms with Crippen LogP contribution < -0.4 is 14.2 Å². The number of benzene rings is 1. The van der Waals surface area contributed by atoms with Gasteiger partial charge in [0, 0.05) is 38.0 Å². The van der Waals surface area contributed by atoms with Crippen molar-refractivity contribution in [2.75, 3.05) is 67.8 Å². The predicted octanol–water partition coefficient (Wildman–Crippen LogP) is 3.63. The molecule has 0 spiro atoms. The maximum absolute atomic E-state index is 13.8. The summed E-state index contributed by atoms with van der Waals surface area (Å²) >= 11 is 0. The molecule has 1 amide bonds. The Balaban J connectivity index is 1.57. The average Bonchev–Trinajstić information content (AvgIpc) is 3.70. The number of rotatable bonds is 16. The first-order valence-electron chi connectivity index (χ1n) is 15.0. The van der Waals surface area contributed by atoms with Crippen LogP contribution in [0.25, 0.3) is 0 Å². The van der Waals surface area contributed by atoms with Crippen molar-refractivity contribution in [1.29, 1.82) is 0 Å². The van der Waals surface area contributed by atoms with E-state index in [0.717, 1.165) is 42.3 Å². The fourth-order valence-electron chi connectivity index (χ4n) is 6.07. The zero-order chi connectivity index (χ0) is 30.3. The summed E-state index contributed by atoms with van der Waals surface area (Å²) < 4.78 is 23.1. The van der Waals surface area contributed by atoms with Crippen LogP contribution in [0.3, 0.4) is 0 Å². The van der Waals surface area contributed by atoms with E-state index in [0.29, 0.717) is 55.6 Å². The third-order valence-electron chi connectivity index (χ3n) is 8.26. The standard InChI is InChI=1S/C31H46N4O7/c1-6-7-13-33(14-8-9-15-35(2,3)4)28(36)20-34-19-23(22-17-25(39-5)30-26(18-22)41-21-42-30)29(31(37)38)24(34)10-11-27-32-12-16-40-27/h12,16-18,23-24,29H,6-11,13-15,19-21H2,1-5H3/p+1/t23-,24+,29?/m1/s1. The molecule has 11 nitrogen and oxygen atoms in total. The van der Waals surface area contributed by atoms with Gasteiger partial charge in [0.25, 0.3) is 0 Å². The first kappa shape index (κ1) is 31.6. The molecule has 1 aromatic carbocycles. The van der Waals surface area contributed by atoms with Crippen LogP contribution in [0.15, 0.2) is 29.0 Å². The van der Waals surface area contributed by atoms with Gasteiger partial charge in [-0.15, -0.1) is 0 Å². The zero-order valence-corrected chi connectivity index (χ0v) is 25.7. The van der Waals surface area contributed by atoms with Crippen LogP contribution in [0.4, 0.5) is 0 Å². The van der Waals surface area contributed by atoms with Crippen LogP contribution in [0, 0.1) is 5.92 Å². The van der Waals surface area contributed by atoms with Crippen molar-refractivity contribution in [2.45, 2.75) is 57.4 Å². The van der Waals surface area contributed by atoms with E-state index in [1.165, 1.54) is 6.26 Å². The fourth-order valence-corrected chi connectivity index (χ4v) is 6.07. The number of hydrogen-bond acceptors (Lipinski definition) is 8. The van der Waals surface area contributed by atoms with Crippen molar-refractivity contribution in [3.05, 3.63) is 36.0 Å². The van der Waals surface area contributed by atoms with Gasteiger partial charge in [0.05, 0.1) is 53.5 Å². The summed E-state index contributed by atoms with van der Waals surface area (Å²) in [6.45, 7) is 5.26. The normalized spacial score (nSPS) is 20.2. The van der Waals surface area contributed by atoms with Crippen LogP contribution in [0.5, 0.6) is 17.2 Å². The number of nitrogens with zero attached hydrogens (tertiary/aromatic N) is 4. The minimum Gasteiger partial charge on any atom is -0.493 e. The number of carbonyl (C=O) groups excluding carboxylic acids is 1. The van der Waals surface area contributed by atoms with E-state index in [1.54, 1.807) is 13.3 Å². The minimum atomic E-state index is -0.896. The molecule has 11 heteroatoms. The number of amides is 1. The van der Waals surface area contributed by atoms with Crippen molar-refractivity contribution >= 4 is 11.9 Å². The summed E-state index contributed by atoms with van der Waals surface area (Å²) in [4.78, 5) is 34.9. The second-order valence-corrected chi connectivity index (χ2v) is 12.3. The molecule has 0 aliphatic carbocycles. The number of likely N-dealkylation sites (tertiary alicyclic amines) is 1. The van der Waals surface area contributed by atoms with Gasteiger partial charge in [0.15, 0.2) is 17.4 Å². The Hall–Kier alpha value is -3.31. The summed E-state index contributed by atoms with van der Waals surface area (Å²) in [6, 6.07) is 3.31. The van der Waals surface area contributed by atoms with Gasteiger partial charge in [-0.2, -0.15) is 0 Å². The van der Waals surface area contributed by atoms with Crippen molar-refractivity contribution < 1.29 is 37.8 Å². The molecule has 2 aliphatic rings. The Morgan fingerprint density at radius 3 is 2.62 bits per heavy atom. The van der Waals surface area contributed by atoms with Crippen LogP contribution in [0.2, 0.25) is 0 Å². The highest BCUT2D eigenvalue weighted by molar-refractivity contribution is 5.79. The number of ether oxygens (including phenoxy) is 3. The fraction of sp³-hybridized carbons (Fsp3) is 0.645. The smallest absolute Gasteiger partial charge is 0.308 e. The monoisotopic (exact) mass is 587 g/mol. The Labute approximate surface area is 248 Å². The van der Waals surface area contributed by atoms with E-state index in [1.807, 2.05) is 17.0 Å². The highest BCUT2D eigenvalue weighted by Gasteiger charge is 2.47. The van der Waals surface area contributed by atoms with Crippen molar-refractivity contribution in [1.82, 2.24) is 14.8 Å². The molecule has 3 heterocycles. The third kappa shape index (κ3) is 7.95. The summed E-state index contributed by atoms with van der Waals surface area (Å²) in [5.41, 5.74) is 0.794. The number of aliphatic carboxylic acids is 1. The van der Waals surface area contributed by atoms with Gasteiger partial charge < -0.3 is 33.1 Å². The van der Waals surface area contributed by atoms with Gasteiger partial charge in [-0.25, -0.2) is 4.98 Å². The number of hydrogen-bond donors (Lipinski definition) is 1. The van der Waals surface area contributed by atoms with Crippen LogP contribution in [-0.2, 0) is 16.0 Å². The SMILES string of the molecule is CCCCN(CCCC[N+](C)(C)C)C(=O)CN1C[C@H](c2cc(OC)c3c(c2)OCO3)C(C(=O)O)[C@@H]1CCc1ncco1. The maximum Gasteiger partial charge on any atom is 0.308 e. The summed E-state index contributed by atoms with van der Waals surface area (Å²) in [6.07, 6.45) is 8.01. The number of unbranched alkanes of at least 4 members (excludes halogenated alkanes) is 2. The topological polar surface area (TPSA) is 115 Å². The molecular weight excluding hydrogens is 540 g/mol. The molecule has 1 aromatic heterocycles. The molecule has 4 rings (SSSR count). The molecule has 3 atom stereocenters. The highest BCUT2D eigenvalue weighted by atomic mass is 16.7. The highest BCUT2D eigenvalue weighted by Crippen LogP contribution is 2.47. The lowest BCUT2D eigenvalue weighted by Crippen LogP contribution is -2.45. The number of aromatic nitrogens is 1. The van der Waals surface area contributed by atoms with Gasteiger partial charge in [0.1, 0.15) is 6.26 Å². The Kier molecular flexibility index (Phi) is 10.7. The molecule has 1 unspecified atom stereocenters. The van der Waals surface area contributed by atoms with Gasteiger partial charge in [-0.1, -0.05) is 13.3 Å². The minimum absolute atomic E-state index is 0.0443. The van der Waals surface area contributed by atoms with Gasteiger partial charge >= 0.3 is 5.97 Å². The van der Waals surface area contributed by atoms with Crippen LogP contribution in [0.1, 0.15) is 56.4 Å². The van der Waals surface area contributed by atoms with Crippen molar-refractivity contribution in [2.24, 2.45) is 5.92 Å². The van der Waals surface area contributed by atoms with Crippen LogP contribution >= 0.6 is 0 Å². The van der Waals surface area contributed by atoms with E-state index in [-0.39, 0.29) is 31.2 Å². The Morgan fingerprint density at radius 1 is 1.17 bits per heavy atom. The Morgan fingerprint density at radius 2 is 1.95 bits per heavy atom. The number of methoxy groups -OCH3 is 1. The zero-order valence-electron chi connectivity index (χ0n) is 25.7. The third-order valence-corrected chi connectivity index (χ3v) is 8.26. The first-order chi connectivity index (χ1) is 20.1. The summed E-state index contributed by atoms with van der Waals surface area (Å²) in [7, 11) is 8.09. The van der Waals surface area contributed by atoms with Crippen LogP contribution in [-0.4, -0.2) is 110 Å². The summed E-state index contributed by atoms with van der Waals surface area (Å²) in [5, 5.41) is 10.5. The molecule has 42 heavy (non-hydrogen) atoms. The van der Waals surface area contributed by atoms with Gasteiger partial charge in [-0.05, 0) is 43.4 Å². The van der Waals surface area contributed by atoms with E-state index in [4.69, 9.17) is 18.6 Å². The molecule has 2 aromatic rings. The molecule has 1 saturated heterocycles. The average molecular weight is 588 g/mol. The van der Waals surface area contributed by atoms with Gasteiger partial charge in [-0.3, -0.25) is 14.5 Å². The number of carboxylic acids is 1. The molecule has 232 valence electrons. The molecular formula is C31H47N4O7+. The molecule has 1 fully saturated rings. The lowest BCUT2D eigenvalue weighted by atomic mass is 9.83. The van der Waals surface area contributed by atoms with E-state index in [9.17, 15) is 14.7 Å².